The van der Waals surface area contributed by atoms with Crippen LogP contribution in [-0.4, -0.2) is 11.0 Å². The van der Waals surface area contributed by atoms with Crippen LogP contribution in [-0.2, 0) is 4.79 Å². The fourth-order valence-corrected chi connectivity index (χ4v) is 2.48. The van der Waals surface area contributed by atoms with Crippen molar-refractivity contribution in [3.63, 3.8) is 0 Å². The summed E-state index contributed by atoms with van der Waals surface area (Å²) in [5.74, 6) is -1.44. The van der Waals surface area contributed by atoms with Crippen molar-refractivity contribution in [3.05, 3.63) is 64.1 Å². The van der Waals surface area contributed by atoms with E-state index in [0.717, 1.165) is 12.1 Å². The topological polar surface area (TPSA) is 75.3 Å². The standard InChI is InChI=1S/C15H10ClFN2O2/c16-8-3-1-2-7(4-8)12-10-5-9(17)6-11(14(10)20)19-15(21)13(12)18/h1-6,20H,18H2,(H,19,21). The van der Waals surface area contributed by atoms with Gasteiger partial charge in [-0.25, -0.2) is 4.39 Å². The van der Waals surface area contributed by atoms with Crippen LogP contribution in [0.1, 0.15) is 11.1 Å². The van der Waals surface area contributed by atoms with Crippen molar-refractivity contribution in [2.75, 3.05) is 5.32 Å². The summed E-state index contributed by atoms with van der Waals surface area (Å²) in [7, 11) is 0. The van der Waals surface area contributed by atoms with E-state index in [1.807, 2.05) is 0 Å². The zero-order chi connectivity index (χ0) is 15.1. The van der Waals surface area contributed by atoms with Crippen molar-refractivity contribution in [1.82, 2.24) is 0 Å². The maximum absolute atomic E-state index is 13.7. The summed E-state index contributed by atoms with van der Waals surface area (Å²) in [4.78, 5) is 12.0. The van der Waals surface area contributed by atoms with Crippen LogP contribution in [0.25, 0.3) is 5.57 Å². The average Bonchev–Trinajstić information content (AvgIpc) is 2.48. The molecular formula is C15H10ClFN2O2. The van der Waals surface area contributed by atoms with E-state index in [-0.39, 0.29) is 28.3 Å². The normalized spacial score (nSPS) is 13.9. The number of nitrogens with one attached hydrogen (secondary N) is 1. The van der Waals surface area contributed by atoms with Crippen LogP contribution in [0.15, 0.2) is 42.1 Å². The van der Waals surface area contributed by atoms with Gasteiger partial charge in [0.2, 0.25) is 0 Å². The van der Waals surface area contributed by atoms with Crippen molar-refractivity contribution in [3.8, 4) is 5.75 Å². The van der Waals surface area contributed by atoms with Crippen molar-refractivity contribution in [1.29, 1.82) is 0 Å². The molecule has 0 saturated heterocycles. The number of rotatable bonds is 1. The Labute approximate surface area is 124 Å². The van der Waals surface area contributed by atoms with Crippen molar-refractivity contribution >= 4 is 28.8 Å². The van der Waals surface area contributed by atoms with E-state index in [1.165, 1.54) is 0 Å². The molecule has 1 amide bonds. The van der Waals surface area contributed by atoms with Crippen molar-refractivity contribution in [2.45, 2.75) is 0 Å². The van der Waals surface area contributed by atoms with Gasteiger partial charge in [0, 0.05) is 22.2 Å². The van der Waals surface area contributed by atoms with Gasteiger partial charge in [0.25, 0.3) is 5.91 Å². The molecule has 6 heteroatoms. The van der Waals surface area contributed by atoms with Gasteiger partial charge in [-0.1, -0.05) is 23.7 Å². The molecule has 106 valence electrons. The summed E-state index contributed by atoms with van der Waals surface area (Å²) in [6.45, 7) is 0. The highest BCUT2D eigenvalue weighted by atomic mass is 35.5. The predicted molar refractivity (Wildman–Crippen MR) is 78.4 cm³/mol. The largest absolute Gasteiger partial charge is 0.505 e. The van der Waals surface area contributed by atoms with Gasteiger partial charge in [-0.05, 0) is 23.8 Å². The van der Waals surface area contributed by atoms with E-state index < -0.39 is 11.7 Å². The molecule has 2 aromatic rings. The number of anilines is 1. The Bertz CT molecular complexity index is 802. The Morgan fingerprint density at radius 3 is 2.71 bits per heavy atom. The first-order valence-corrected chi connectivity index (χ1v) is 6.45. The van der Waals surface area contributed by atoms with E-state index in [2.05, 4.69) is 5.32 Å². The molecule has 0 fully saturated rings. The maximum Gasteiger partial charge on any atom is 0.272 e. The third kappa shape index (κ3) is 2.21. The minimum absolute atomic E-state index is 0.0185. The third-order valence-corrected chi connectivity index (χ3v) is 3.45. The lowest BCUT2D eigenvalue weighted by molar-refractivity contribution is -0.112. The SMILES string of the molecule is NC1=C(c2cccc(Cl)c2)c2cc(F)cc(c2O)NC1=O. The molecular weight excluding hydrogens is 295 g/mol. The Morgan fingerprint density at radius 2 is 2.00 bits per heavy atom. The summed E-state index contributed by atoms with van der Waals surface area (Å²) in [6.07, 6.45) is 0. The predicted octanol–water partition coefficient (Wildman–Crippen LogP) is 2.85. The fourth-order valence-electron chi connectivity index (χ4n) is 2.29. The van der Waals surface area contributed by atoms with Crippen LogP contribution in [0.5, 0.6) is 5.75 Å². The van der Waals surface area contributed by atoms with E-state index in [4.69, 9.17) is 17.3 Å². The highest BCUT2D eigenvalue weighted by Crippen LogP contribution is 2.40. The van der Waals surface area contributed by atoms with Crippen LogP contribution >= 0.6 is 11.6 Å². The zero-order valence-corrected chi connectivity index (χ0v) is 11.4. The summed E-state index contributed by atoms with van der Waals surface area (Å²) < 4.78 is 13.7. The Hall–Kier alpha value is -2.53. The first-order chi connectivity index (χ1) is 9.97. The van der Waals surface area contributed by atoms with E-state index >= 15 is 0 Å². The molecule has 1 aliphatic rings. The molecule has 1 aliphatic heterocycles. The second kappa shape index (κ2) is 4.79. The quantitative estimate of drug-likeness (QED) is 0.709. The number of hydrogen-bond acceptors (Lipinski definition) is 3. The number of phenolic OH excluding ortho intramolecular Hbond substituents is 1. The minimum Gasteiger partial charge on any atom is -0.505 e. The van der Waals surface area contributed by atoms with E-state index in [0.29, 0.717) is 10.6 Å². The molecule has 1 heterocycles. The van der Waals surface area contributed by atoms with E-state index in [9.17, 15) is 14.3 Å². The summed E-state index contributed by atoms with van der Waals surface area (Å²) in [5, 5.41) is 13.0. The highest BCUT2D eigenvalue weighted by Gasteiger charge is 2.25. The number of carbonyl (C=O) groups excluding carboxylic acids is 1. The molecule has 0 unspecified atom stereocenters. The van der Waals surface area contributed by atoms with Crippen LogP contribution in [0.4, 0.5) is 10.1 Å². The molecule has 0 atom stereocenters. The number of nitrogens with two attached hydrogens (primary N) is 1. The summed E-state index contributed by atoms with van der Waals surface area (Å²) in [6, 6.07) is 8.77. The van der Waals surface area contributed by atoms with Crippen molar-refractivity contribution < 1.29 is 14.3 Å². The number of halogens is 2. The van der Waals surface area contributed by atoms with Gasteiger partial charge in [-0.15, -0.1) is 0 Å². The van der Waals surface area contributed by atoms with Crippen LogP contribution in [0.2, 0.25) is 5.02 Å². The molecule has 0 aliphatic carbocycles. The molecule has 2 bridgehead atoms. The molecule has 3 rings (SSSR count). The maximum atomic E-state index is 13.7. The molecule has 0 radical (unpaired) electrons. The third-order valence-electron chi connectivity index (χ3n) is 3.22. The number of fused-ring (bicyclic) bond motifs is 2. The molecule has 21 heavy (non-hydrogen) atoms. The smallest absolute Gasteiger partial charge is 0.272 e. The number of hydrogen-bond donors (Lipinski definition) is 3. The molecule has 0 saturated carbocycles. The van der Waals surface area contributed by atoms with Gasteiger partial charge in [-0.2, -0.15) is 0 Å². The first kappa shape index (κ1) is 13.5. The minimum atomic E-state index is -0.610. The number of amides is 1. The zero-order valence-electron chi connectivity index (χ0n) is 10.7. The van der Waals surface area contributed by atoms with Crippen LogP contribution in [0.3, 0.4) is 0 Å². The molecule has 2 aromatic carbocycles. The monoisotopic (exact) mass is 304 g/mol. The second-order valence-electron chi connectivity index (χ2n) is 4.60. The number of phenols is 1. The van der Waals surface area contributed by atoms with Gasteiger partial charge < -0.3 is 16.2 Å². The van der Waals surface area contributed by atoms with Crippen molar-refractivity contribution in [2.24, 2.45) is 5.73 Å². The lowest BCUT2D eigenvalue weighted by Gasteiger charge is -2.11. The van der Waals surface area contributed by atoms with Gasteiger partial charge in [0.15, 0.2) is 0 Å². The Morgan fingerprint density at radius 1 is 1.24 bits per heavy atom. The molecule has 4 nitrogen and oxygen atoms in total. The van der Waals surface area contributed by atoms with Gasteiger partial charge in [0.1, 0.15) is 17.3 Å². The van der Waals surface area contributed by atoms with Gasteiger partial charge in [-0.3, -0.25) is 4.79 Å². The van der Waals surface area contributed by atoms with Gasteiger partial charge in [0.05, 0.1) is 5.69 Å². The lowest BCUT2D eigenvalue weighted by atomic mass is 9.95. The number of benzene rings is 2. The average molecular weight is 305 g/mol. The number of aromatic hydroxyl groups is 1. The summed E-state index contributed by atoms with van der Waals surface area (Å²) >= 11 is 5.94. The number of carbonyl (C=O) groups is 1. The Kier molecular flexibility index (Phi) is 3.07. The summed E-state index contributed by atoms with van der Waals surface area (Å²) in [5.41, 5.74) is 6.63. The molecule has 4 N–H and O–H groups in total. The van der Waals surface area contributed by atoms with Crippen LogP contribution in [0, 0.1) is 5.82 Å². The second-order valence-corrected chi connectivity index (χ2v) is 5.04. The fraction of sp³-hybridized carbons (Fsp3) is 0. The van der Waals surface area contributed by atoms with E-state index in [1.54, 1.807) is 24.3 Å². The highest BCUT2D eigenvalue weighted by molar-refractivity contribution is 6.30. The first-order valence-electron chi connectivity index (χ1n) is 6.07. The van der Waals surface area contributed by atoms with Gasteiger partial charge >= 0.3 is 0 Å². The van der Waals surface area contributed by atoms with Crippen LogP contribution < -0.4 is 11.1 Å². The molecule has 0 spiro atoms. The Balaban J connectivity index is 2.35. The molecule has 0 aromatic heterocycles. The lowest BCUT2D eigenvalue weighted by Crippen LogP contribution is -2.20.